The van der Waals surface area contributed by atoms with Crippen LogP contribution < -0.4 is 32.3 Å². The van der Waals surface area contributed by atoms with Crippen LogP contribution in [0.15, 0.2) is 43.0 Å². The SMILES string of the molecule is N[C@@H](CO)C(=O)NCC(=O)N[C@@H](CO)C(=O)N[C@@H](CO)C(=O)N1CCC[C@H]1C(=O)N[C@@H](Cc1c[nH]c2ccccc12)C(=O)N[C@@H](Cc1cnc[nH]1)C(=O)O. The Bertz CT molecular complexity index is 1800. The summed E-state index contributed by atoms with van der Waals surface area (Å²) in [5.41, 5.74) is 7.23. The van der Waals surface area contributed by atoms with Crippen LogP contribution in [0.25, 0.3) is 10.9 Å². The number of hydrogen-bond donors (Lipinski definition) is 12. The van der Waals surface area contributed by atoms with Gasteiger partial charge in [0, 0.05) is 48.4 Å². The fourth-order valence-corrected chi connectivity index (χ4v) is 5.87. The molecule has 4 rings (SSSR count). The number of hydrogen-bond acceptors (Lipinski definition) is 12. The van der Waals surface area contributed by atoms with Gasteiger partial charge in [-0.15, -0.1) is 0 Å². The van der Waals surface area contributed by atoms with Crippen LogP contribution >= 0.6 is 0 Å². The third-order valence-corrected chi connectivity index (χ3v) is 8.75. The summed E-state index contributed by atoms with van der Waals surface area (Å²) in [5.74, 6) is -6.54. The zero-order valence-corrected chi connectivity index (χ0v) is 29.0. The molecule has 1 aromatic carbocycles. The van der Waals surface area contributed by atoms with Crippen LogP contribution in [0, 0.1) is 0 Å². The monoisotopic (exact) mass is 756 g/mol. The number of carbonyl (C=O) groups excluding carboxylic acids is 6. The fraction of sp³-hybridized carbons (Fsp3) is 0.455. The number of nitrogens with zero attached hydrogens (tertiary/aromatic N) is 2. The molecule has 0 spiro atoms. The summed E-state index contributed by atoms with van der Waals surface area (Å²) in [6.07, 6.45) is 4.78. The summed E-state index contributed by atoms with van der Waals surface area (Å²) in [5, 5.41) is 51.1. The lowest BCUT2D eigenvalue weighted by atomic mass is 10.0. The van der Waals surface area contributed by atoms with Gasteiger partial charge >= 0.3 is 5.97 Å². The molecule has 1 fully saturated rings. The number of carboxylic acid groups (broad SMARTS) is 1. The second-order valence-electron chi connectivity index (χ2n) is 12.5. The number of aromatic nitrogens is 3. The van der Waals surface area contributed by atoms with Crippen molar-refractivity contribution in [2.45, 2.75) is 61.9 Å². The first-order valence-corrected chi connectivity index (χ1v) is 17.0. The van der Waals surface area contributed by atoms with E-state index in [0.29, 0.717) is 17.7 Å². The highest BCUT2D eigenvalue weighted by Gasteiger charge is 2.40. The van der Waals surface area contributed by atoms with Crippen molar-refractivity contribution < 1.29 is 54.0 Å². The maximum Gasteiger partial charge on any atom is 0.326 e. The molecule has 54 heavy (non-hydrogen) atoms. The first kappa shape index (κ1) is 40.9. The number of imidazole rings is 1. The highest BCUT2D eigenvalue weighted by Crippen LogP contribution is 2.22. The summed E-state index contributed by atoms with van der Waals surface area (Å²) < 4.78 is 0. The summed E-state index contributed by atoms with van der Waals surface area (Å²) in [4.78, 5) is 101. The van der Waals surface area contributed by atoms with Gasteiger partial charge in [-0.2, -0.15) is 0 Å². The van der Waals surface area contributed by atoms with E-state index in [1.807, 2.05) is 18.2 Å². The smallest absolute Gasteiger partial charge is 0.326 e. The van der Waals surface area contributed by atoms with Crippen molar-refractivity contribution in [3.63, 3.8) is 0 Å². The molecule has 0 aliphatic carbocycles. The molecular weight excluding hydrogens is 712 g/mol. The van der Waals surface area contributed by atoms with E-state index in [1.165, 1.54) is 12.5 Å². The molecule has 1 aliphatic heterocycles. The number of H-pyrrole nitrogens is 2. The molecule has 21 heteroatoms. The quantitative estimate of drug-likeness (QED) is 0.0547. The van der Waals surface area contributed by atoms with E-state index in [9.17, 15) is 48.9 Å². The molecule has 0 radical (unpaired) electrons. The Kier molecular flexibility index (Phi) is 14.6. The lowest BCUT2D eigenvalue weighted by Gasteiger charge is -2.30. The first-order chi connectivity index (χ1) is 25.9. The number of carboxylic acids is 1. The van der Waals surface area contributed by atoms with Crippen molar-refractivity contribution in [1.29, 1.82) is 0 Å². The predicted octanol–water partition coefficient (Wildman–Crippen LogP) is -4.89. The molecule has 0 bridgehead atoms. The molecule has 2 aromatic heterocycles. The van der Waals surface area contributed by atoms with Gasteiger partial charge in [0.15, 0.2) is 0 Å². The maximum absolute atomic E-state index is 13.8. The lowest BCUT2D eigenvalue weighted by Crippen LogP contribution is -2.60. The Morgan fingerprint density at radius 3 is 2.22 bits per heavy atom. The van der Waals surface area contributed by atoms with Gasteiger partial charge in [-0.3, -0.25) is 28.8 Å². The van der Waals surface area contributed by atoms with Crippen LogP contribution in [0.3, 0.4) is 0 Å². The van der Waals surface area contributed by atoms with Crippen LogP contribution in [0.1, 0.15) is 24.1 Å². The van der Waals surface area contributed by atoms with E-state index in [2.05, 4.69) is 41.5 Å². The van der Waals surface area contributed by atoms with E-state index >= 15 is 0 Å². The van der Waals surface area contributed by atoms with Gasteiger partial charge < -0.3 is 67.6 Å². The van der Waals surface area contributed by atoms with Crippen molar-refractivity contribution >= 4 is 52.3 Å². The van der Waals surface area contributed by atoms with Gasteiger partial charge in [-0.05, 0) is 24.5 Å². The number of nitrogens with one attached hydrogen (secondary N) is 7. The molecule has 0 unspecified atom stereocenters. The van der Waals surface area contributed by atoms with Crippen LogP contribution in [-0.2, 0) is 46.4 Å². The predicted molar refractivity (Wildman–Crippen MR) is 187 cm³/mol. The molecule has 292 valence electrons. The number of aliphatic hydroxyl groups is 3. The Hall–Kier alpha value is -5.90. The Morgan fingerprint density at radius 2 is 1.56 bits per heavy atom. The molecule has 6 atom stereocenters. The van der Waals surface area contributed by atoms with Gasteiger partial charge in [0.1, 0.15) is 36.3 Å². The van der Waals surface area contributed by atoms with Crippen LogP contribution in [0.4, 0.5) is 0 Å². The number of aliphatic carboxylic acids is 1. The van der Waals surface area contributed by atoms with Crippen molar-refractivity contribution in [3.8, 4) is 0 Å². The second-order valence-corrected chi connectivity index (χ2v) is 12.5. The minimum atomic E-state index is -1.61. The van der Waals surface area contributed by atoms with Gasteiger partial charge in [0.05, 0.1) is 32.7 Å². The number of para-hydroxylation sites is 1. The molecule has 0 saturated carbocycles. The molecule has 1 aliphatic rings. The lowest BCUT2D eigenvalue weighted by molar-refractivity contribution is -0.144. The summed E-state index contributed by atoms with van der Waals surface area (Å²) in [6.45, 7) is -3.12. The summed E-state index contributed by atoms with van der Waals surface area (Å²) in [6, 6.07) is -1.08. The largest absolute Gasteiger partial charge is 0.480 e. The molecule has 13 N–H and O–H groups in total. The number of benzene rings is 1. The number of rotatable bonds is 19. The normalized spacial score (nSPS) is 16.7. The van der Waals surface area contributed by atoms with E-state index in [0.717, 1.165) is 15.8 Å². The van der Waals surface area contributed by atoms with E-state index in [-0.39, 0.29) is 25.8 Å². The van der Waals surface area contributed by atoms with Gasteiger partial charge in [-0.25, -0.2) is 9.78 Å². The highest BCUT2D eigenvalue weighted by molar-refractivity contribution is 5.97. The first-order valence-electron chi connectivity index (χ1n) is 17.0. The van der Waals surface area contributed by atoms with Crippen LogP contribution in [-0.4, -0.2) is 151 Å². The number of nitrogens with two attached hydrogens (primary N) is 1. The molecule has 3 heterocycles. The minimum Gasteiger partial charge on any atom is -0.480 e. The third kappa shape index (κ3) is 10.6. The zero-order chi connectivity index (χ0) is 39.4. The Balaban J connectivity index is 1.45. The van der Waals surface area contributed by atoms with E-state index in [4.69, 9.17) is 10.8 Å². The topological polar surface area (TPSA) is 334 Å². The number of amides is 6. The number of aliphatic hydroxyl groups excluding tert-OH is 3. The van der Waals surface area contributed by atoms with Crippen LogP contribution in [0.2, 0.25) is 0 Å². The molecule has 3 aromatic rings. The number of likely N-dealkylation sites (tertiary alicyclic amines) is 1. The third-order valence-electron chi connectivity index (χ3n) is 8.75. The number of fused-ring (bicyclic) bond motifs is 1. The average Bonchev–Trinajstić information content (AvgIpc) is 3.96. The van der Waals surface area contributed by atoms with Gasteiger partial charge in [0.25, 0.3) is 0 Å². The zero-order valence-electron chi connectivity index (χ0n) is 29.0. The van der Waals surface area contributed by atoms with Crippen molar-refractivity contribution in [1.82, 2.24) is 46.4 Å². The maximum atomic E-state index is 13.8. The van der Waals surface area contributed by atoms with Crippen LogP contribution in [0.5, 0.6) is 0 Å². The fourth-order valence-electron chi connectivity index (χ4n) is 5.87. The Labute approximate surface area is 307 Å². The van der Waals surface area contributed by atoms with Crippen molar-refractivity contribution in [2.24, 2.45) is 5.73 Å². The Morgan fingerprint density at radius 1 is 0.852 bits per heavy atom. The number of aromatic amines is 2. The standard InChI is InChI=1S/C33H44N10O11/c34-20(13-44)28(48)37-12-27(47)39-24(14-45)30(50)42-25(15-46)32(52)43-7-3-6-26(43)31(51)40-22(8-17-10-36-21-5-2-1-4-19(17)21)29(49)41-23(33(53)54)9-18-11-35-16-38-18/h1-2,4-5,10-11,16,20,22-26,36,44-46H,3,6-9,12-15,34H2,(H,35,38)(H,37,48)(H,39,47)(H,40,51)(H,41,49)(H,42,50)(H,53,54)/t20-,22-,23-,24-,25-,26-/m0/s1. The molecular formula is C33H44N10O11. The molecule has 21 nitrogen and oxygen atoms in total. The minimum absolute atomic E-state index is 0.0453. The van der Waals surface area contributed by atoms with Gasteiger partial charge in [-0.1, -0.05) is 18.2 Å². The van der Waals surface area contributed by atoms with Crippen molar-refractivity contribution in [3.05, 3.63) is 54.2 Å². The van der Waals surface area contributed by atoms with Crippen molar-refractivity contribution in [2.75, 3.05) is 32.9 Å². The average molecular weight is 757 g/mol. The van der Waals surface area contributed by atoms with E-state index < -0.39 is 104 Å². The number of carbonyl (C=O) groups is 7. The summed E-state index contributed by atoms with van der Waals surface area (Å²) >= 11 is 0. The van der Waals surface area contributed by atoms with Gasteiger partial charge in [0.2, 0.25) is 35.4 Å². The van der Waals surface area contributed by atoms with E-state index in [1.54, 1.807) is 12.3 Å². The second kappa shape index (κ2) is 19.3. The molecule has 6 amide bonds. The highest BCUT2D eigenvalue weighted by atomic mass is 16.4. The molecule has 1 saturated heterocycles. The summed E-state index contributed by atoms with van der Waals surface area (Å²) in [7, 11) is 0.